The summed E-state index contributed by atoms with van der Waals surface area (Å²) >= 11 is 0. The molecule has 1 fully saturated rings. The highest BCUT2D eigenvalue weighted by Gasteiger charge is 2.31. The number of halogens is 1. The van der Waals surface area contributed by atoms with E-state index in [9.17, 15) is 9.59 Å². The Morgan fingerprint density at radius 2 is 1.79 bits per heavy atom. The molecule has 130 valence electrons. The summed E-state index contributed by atoms with van der Waals surface area (Å²) < 4.78 is 2.60. The van der Waals surface area contributed by atoms with Crippen molar-refractivity contribution in [2.24, 2.45) is 19.8 Å². The molecule has 6 nitrogen and oxygen atoms in total. The van der Waals surface area contributed by atoms with Crippen LogP contribution in [0.5, 0.6) is 0 Å². The van der Waals surface area contributed by atoms with E-state index in [0.29, 0.717) is 12.1 Å². The molecule has 0 radical (unpaired) electrons. The van der Waals surface area contributed by atoms with Crippen molar-refractivity contribution in [3.8, 4) is 0 Å². The maximum absolute atomic E-state index is 12.3. The normalized spacial score (nSPS) is 20.8. The summed E-state index contributed by atoms with van der Waals surface area (Å²) in [4.78, 5) is 26.2. The third kappa shape index (κ3) is 3.45. The van der Waals surface area contributed by atoms with Crippen LogP contribution in [-0.2, 0) is 20.6 Å². The van der Waals surface area contributed by atoms with Gasteiger partial charge in [-0.2, -0.15) is 0 Å². The largest absolute Gasteiger partial charge is 0.330 e. The number of hydrogen-bond donors (Lipinski definition) is 1. The van der Waals surface area contributed by atoms with Crippen LogP contribution in [0.1, 0.15) is 17.0 Å². The summed E-state index contributed by atoms with van der Waals surface area (Å²) in [6, 6.07) is 10.3. The van der Waals surface area contributed by atoms with Crippen LogP contribution in [0.4, 0.5) is 0 Å². The molecule has 1 aliphatic rings. The third-order valence-electron chi connectivity index (χ3n) is 4.58. The van der Waals surface area contributed by atoms with Crippen molar-refractivity contribution in [3.05, 3.63) is 68.5 Å². The number of nitrogens with zero attached hydrogens (tertiary/aromatic N) is 3. The molecule has 0 bridgehead atoms. The van der Waals surface area contributed by atoms with Crippen molar-refractivity contribution in [3.63, 3.8) is 0 Å². The molecule has 1 aromatic carbocycles. The van der Waals surface area contributed by atoms with Gasteiger partial charge in [0.25, 0.3) is 5.56 Å². The molecule has 24 heavy (non-hydrogen) atoms. The molecule has 1 saturated heterocycles. The smallest absolute Gasteiger partial charge is 0.326 e. The van der Waals surface area contributed by atoms with Gasteiger partial charge in [-0.05, 0) is 5.56 Å². The number of benzene rings is 1. The summed E-state index contributed by atoms with van der Waals surface area (Å²) in [5, 5.41) is 0. The van der Waals surface area contributed by atoms with Gasteiger partial charge in [0.05, 0.1) is 0 Å². The molecule has 0 spiro atoms. The van der Waals surface area contributed by atoms with Gasteiger partial charge in [0.2, 0.25) is 0 Å². The summed E-state index contributed by atoms with van der Waals surface area (Å²) in [7, 11) is 3.17. The van der Waals surface area contributed by atoms with Crippen molar-refractivity contribution in [1.82, 2.24) is 14.0 Å². The first-order valence-electron chi connectivity index (χ1n) is 7.76. The van der Waals surface area contributed by atoms with Crippen molar-refractivity contribution in [1.29, 1.82) is 0 Å². The minimum atomic E-state index is -0.306. The standard InChI is InChI=1S/C17H22N4O2.ClH/c1-19-8-13(16(22)20(2)17(19)23)9-21-10-14(15(18)11-21)12-6-4-3-5-7-12;/h3-8,14-15H,9-11,18H2,1-2H3;1H/t14-,15+;/m0./s1. The molecule has 2 heterocycles. The number of aryl methyl sites for hydroxylation is 1. The van der Waals surface area contributed by atoms with Gasteiger partial charge in [-0.15, -0.1) is 12.4 Å². The first-order chi connectivity index (χ1) is 11.0. The van der Waals surface area contributed by atoms with E-state index < -0.39 is 0 Å². The quantitative estimate of drug-likeness (QED) is 0.871. The molecule has 0 aliphatic carbocycles. The lowest BCUT2D eigenvalue weighted by molar-refractivity contribution is 0.320. The lowest BCUT2D eigenvalue weighted by Gasteiger charge is -2.16. The zero-order valence-electron chi connectivity index (χ0n) is 13.9. The monoisotopic (exact) mass is 350 g/mol. The summed E-state index contributed by atoms with van der Waals surface area (Å²) in [5.74, 6) is 0.271. The Bertz CT molecular complexity index is 816. The van der Waals surface area contributed by atoms with Crippen molar-refractivity contribution in [2.45, 2.75) is 18.5 Å². The third-order valence-corrected chi connectivity index (χ3v) is 4.58. The van der Waals surface area contributed by atoms with Crippen molar-refractivity contribution < 1.29 is 0 Å². The molecule has 0 amide bonds. The van der Waals surface area contributed by atoms with Crippen LogP contribution in [0.25, 0.3) is 0 Å². The van der Waals surface area contributed by atoms with Crippen LogP contribution >= 0.6 is 12.4 Å². The Morgan fingerprint density at radius 1 is 1.12 bits per heavy atom. The first kappa shape index (κ1) is 18.4. The molecule has 1 aliphatic heterocycles. The van der Waals surface area contributed by atoms with Crippen LogP contribution in [0.15, 0.2) is 46.1 Å². The molecule has 2 N–H and O–H groups in total. The topological polar surface area (TPSA) is 73.3 Å². The molecule has 3 rings (SSSR count). The van der Waals surface area contributed by atoms with Gasteiger partial charge in [0, 0.05) is 57.4 Å². The SMILES string of the molecule is Cl.Cn1cc(CN2C[C@@H](N)[C@H](c3ccccc3)C2)c(=O)n(C)c1=O. The van der Waals surface area contributed by atoms with Gasteiger partial charge < -0.3 is 10.3 Å². The van der Waals surface area contributed by atoms with Gasteiger partial charge in [0.15, 0.2) is 0 Å². The zero-order chi connectivity index (χ0) is 16.6. The van der Waals surface area contributed by atoms with E-state index in [1.807, 2.05) is 18.2 Å². The fourth-order valence-electron chi connectivity index (χ4n) is 3.33. The van der Waals surface area contributed by atoms with Gasteiger partial charge in [0.1, 0.15) is 0 Å². The van der Waals surface area contributed by atoms with Crippen LogP contribution in [0.2, 0.25) is 0 Å². The van der Waals surface area contributed by atoms with Gasteiger partial charge in [-0.1, -0.05) is 30.3 Å². The Hall–Kier alpha value is -1.89. The van der Waals surface area contributed by atoms with Gasteiger partial charge >= 0.3 is 5.69 Å². The summed E-state index contributed by atoms with van der Waals surface area (Å²) in [5.41, 5.74) is 7.61. The zero-order valence-corrected chi connectivity index (χ0v) is 14.7. The summed E-state index contributed by atoms with van der Waals surface area (Å²) in [6.07, 6.45) is 1.63. The summed E-state index contributed by atoms with van der Waals surface area (Å²) in [6.45, 7) is 2.07. The maximum Gasteiger partial charge on any atom is 0.330 e. The second-order valence-electron chi connectivity index (χ2n) is 6.29. The maximum atomic E-state index is 12.3. The Morgan fingerprint density at radius 3 is 2.46 bits per heavy atom. The highest BCUT2D eigenvalue weighted by molar-refractivity contribution is 5.85. The average Bonchev–Trinajstić information content (AvgIpc) is 2.92. The van der Waals surface area contributed by atoms with Crippen LogP contribution in [0, 0.1) is 0 Å². The molecule has 0 unspecified atom stereocenters. The predicted octanol–water partition coefficient (Wildman–Crippen LogP) is 0.432. The Balaban J connectivity index is 0.00000208. The average molecular weight is 351 g/mol. The molecule has 1 aromatic heterocycles. The fraction of sp³-hybridized carbons (Fsp3) is 0.412. The Kier molecular flexibility index (Phi) is 5.64. The van der Waals surface area contributed by atoms with Crippen LogP contribution in [0.3, 0.4) is 0 Å². The number of hydrogen-bond acceptors (Lipinski definition) is 4. The fourth-order valence-corrected chi connectivity index (χ4v) is 3.33. The molecular formula is C17H23ClN4O2. The first-order valence-corrected chi connectivity index (χ1v) is 7.76. The van der Waals surface area contributed by atoms with Crippen LogP contribution < -0.4 is 17.0 Å². The minimum Gasteiger partial charge on any atom is -0.326 e. The molecule has 2 aromatic rings. The number of aromatic nitrogens is 2. The Labute approximate surface area is 146 Å². The van der Waals surface area contributed by atoms with E-state index in [4.69, 9.17) is 5.73 Å². The van der Waals surface area contributed by atoms with E-state index >= 15 is 0 Å². The van der Waals surface area contributed by atoms with Crippen LogP contribution in [-0.4, -0.2) is 33.2 Å². The number of rotatable bonds is 3. The van der Waals surface area contributed by atoms with E-state index in [1.54, 1.807) is 13.2 Å². The molecule has 7 heteroatoms. The second-order valence-corrected chi connectivity index (χ2v) is 6.29. The lowest BCUT2D eigenvalue weighted by Crippen LogP contribution is -2.40. The van der Waals surface area contributed by atoms with E-state index in [-0.39, 0.29) is 35.6 Å². The van der Waals surface area contributed by atoms with Gasteiger partial charge in [-0.3, -0.25) is 14.3 Å². The minimum absolute atomic E-state index is 0. The van der Waals surface area contributed by atoms with E-state index in [0.717, 1.165) is 17.7 Å². The lowest BCUT2D eigenvalue weighted by atomic mass is 9.95. The highest BCUT2D eigenvalue weighted by Crippen LogP contribution is 2.26. The number of likely N-dealkylation sites (tertiary alicyclic amines) is 1. The molecule has 2 atom stereocenters. The highest BCUT2D eigenvalue weighted by atomic mass is 35.5. The molecular weight excluding hydrogens is 328 g/mol. The van der Waals surface area contributed by atoms with Crippen molar-refractivity contribution >= 4 is 12.4 Å². The van der Waals surface area contributed by atoms with Crippen molar-refractivity contribution in [2.75, 3.05) is 13.1 Å². The predicted molar refractivity (Wildman–Crippen MR) is 96.6 cm³/mol. The second kappa shape index (κ2) is 7.34. The number of nitrogens with two attached hydrogens (primary N) is 1. The van der Waals surface area contributed by atoms with Gasteiger partial charge in [-0.25, -0.2) is 4.79 Å². The molecule has 0 saturated carbocycles. The van der Waals surface area contributed by atoms with E-state index in [2.05, 4.69) is 17.0 Å². The van der Waals surface area contributed by atoms with E-state index in [1.165, 1.54) is 17.2 Å².